The molecule has 0 saturated carbocycles. The smallest absolute Gasteiger partial charge is 0.422 e. The monoisotopic (exact) mass is 410 g/mol. The zero-order valence-electron chi connectivity index (χ0n) is 16.2. The summed E-state index contributed by atoms with van der Waals surface area (Å²) in [6.45, 7) is 3.44. The number of fused-ring (bicyclic) bond motifs is 3. The van der Waals surface area contributed by atoms with Gasteiger partial charge < -0.3 is 19.4 Å². The Morgan fingerprint density at radius 1 is 1.30 bits per heavy atom. The largest absolute Gasteiger partial charge is 0.514 e. The van der Waals surface area contributed by atoms with Crippen LogP contribution in [0.5, 0.6) is 5.75 Å². The molecule has 0 radical (unpaired) electrons. The number of rotatable bonds is 4. The molecule has 1 aliphatic heterocycles. The minimum Gasteiger partial charge on any atom is -0.422 e. The summed E-state index contributed by atoms with van der Waals surface area (Å²) >= 11 is 0. The van der Waals surface area contributed by atoms with Gasteiger partial charge in [0.1, 0.15) is 11.4 Å². The lowest BCUT2D eigenvalue weighted by atomic mass is 10.1. The van der Waals surface area contributed by atoms with Crippen LogP contribution in [0.1, 0.15) is 30.8 Å². The number of nitro benzene ring substituents is 1. The molecule has 0 aliphatic carbocycles. The molecule has 1 amide bonds. The third kappa shape index (κ3) is 3.43. The van der Waals surface area contributed by atoms with Crippen LogP contribution in [0, 0.1) is 17.0 Å². The van der Waals surface area contributed by atoms with Crippen LogP contribution in [-0.2, 0) is 16.1 Å². The van der Waals surface area contributed by atoms with Gasteiger partial charge in [0.25, 0.3) is 0 Å². The summed E-state index contributed by atoms with van der Waals surface area (Å²) in [4.78, 5) is 39.3. The molecule has 0 bridgehead atoms. The fourth-order valence-corrected chi connectivity index (χ4v) is 3.59. The zero-order valence-corrected chi connectivity index (χ0v) is 16.2. The molecule has 0 saturated heterocycles. The minimum absolute atomic E-state index is 0.109. The van der Waals surface area contributed by atoms with Crippen LogP contribution in [0.25, 0.3) is 11.0 Å². The molecule has 1 N–H and O–H groups in total. The van der Waals surface area contributed by atoms with Crippen LogP contribution < -0.4 is 10.1 Å². The highest BCUT2D eigenvalue weighted by molar-refractivity contribution is 6.00. The quantitative estimate of drug-likeness (QED) is 0.299. The molecule has 4 rings (SSSR count). The Balaban J connectivity index is 1.69. The van der Waals surface area contributed by atoms with Gasteiger partial charge in [0.15, 0.2) is 17.4 Å². The number of nitrogens with zero attached hydrogens (tertiary/aromatic N) is 3. The van der Waals surface area contributed by atoms with E-state index < -0.39 is 23.1 Å². The predicted molar refractivity (Wildman–Crippen MR) is 106 cm³/mol. The van der Waals surface area contributed by atoms with Crippen molar-refractivity contribution in [2.24, 2.45) is 0 Å². The van der Waals surface area contributed by atoms with Crippen molar-refractivity contribution < 1.29 is 24.0 Å². The SMILES string of the molecule is CC(=O)Nc1c(C)cc2c(nc3n2CCC3OC(=O)Oc2ccccc2)c1[N+](=O)[O-]. The number of amides is 1. The van der Waals surface area contributed by atoms with E-state index in [2.05, 4.69) is 10.3 Å². The number of imidazole rings is 1. The fourth-order valence-electron chi connectivity index (χ4n) is 3.59. The maximum Gasteiger partial charge on any atom is 0.514 e. The Labute approximate surface area is 170 Å². The number of anilines is 1. The van der Waals surface area contributed by atoms with Crippen molar-refractivity contribution in [3.63, 3.8) is 0 Å². The molecule has 2 heterocycles. The first-order chi connectivity index (χ1) is 14.3. The first-order valence-corrected chi connectivity index (χ1v) is 9.24. The summed E-state index contributed by atoms with van der Waals surface area (Å²) in [5, 5.41) is 14.3. The second-order valence-electron chi connectivity index (χ2n) is 6.91. The van der Waals surface area contributed by atoms with Crippen molar-refractivity contribution in [3.05, 3.63) is 57.9 Å². The standard InChI is InChI=1S/C20H18N4O6/c1-11-10-14-17(18(24(27)28)16(11)21-12(2)25)22-19-15(8-9-23(14)19)30-20(26)29-13-6-4-3-5-7-13/h3-7,10,15H,8-9H2,1-2H3,(H,21,25). The lowest BCUT2D eigenvalue weighted by Crippen LogP contribution is -2.14. The molecule has 1 unspecified atom stereocenters. The van der Waals surface area contributed by atoms with Crippen LogP contribution in [0.4, 0.5) is 16.2 Å². The molecule has 0 spiro atoms. The number of hydrogen-bond donors (Lipinski definition) is 1. The first kappa shape index (κ1) is 19.4. The lowest BCUT2D eigenvalue weighted by molar-refractivity contribution is -0.382. The van der Waals surface area contributed by atoms with Crippen molar-refractivity contribution in [2.45, 2.75) is 32.9 Å². The minimum atomic E-state index is -0.878. The normalized spacial score (nSPS) is 14.9. The summed E-state index contributed by atoms with van der Waals surface area (Å²) in [5.41, 5.74) is 1.05. The van der Waals surface area contributed by atoms with Gasteiger partial charge in [-0.1, -0.05) is 18.2 Å². The van der Waals surface area contributed by atoms with Gasteiger partial charge >= 0.3 is 11.8 Å². The molecule has 1 aromatic heterocycles. The predicted octanol–water partition coefficient (Wildman–Crippen LogP) is 3.87. The van der Waals surface area contributed by atoms with Crippen LogP contribution >= 0.6 is 0 Å². The topological polar surface area (TPSA) is 126 Å². The number of aromatic nitrogens is 2. The van der Waals surface area contributed by atoms with E-state index in [1.807, 2.05) is 0 Å². The molecule has 3 aromatic rings. The maximum absolute atomic E-state index is 12.2. The summed E-state index contributed by atoms with van der Waals surface area (Å²) in [7, 11) is 0. The van der Waals surface area contributed by atoms with Crippen molar-refractivity contribution >= 4 is 34.5 Å². The third-order valence-corrected chi connectivity index (χ3v) is 4.81. The number of ether oxygens (including phenoxy) is 2. The van der Waals surface area contributed by atoms with Crippen LogP contribution in [0.2, 0.25) is 0 Å². The molecule has 1 atom stereocenters. The van der Waals surface area contributed by atoms with Gasteiger partial charge in [-0.25, -0.2) is 9.78 Å². The second kappa shape index (κ2) is 7.47. The van der Waals surface area contributed by atoms with E-state index in [1.165, 1.54) is 6.92 Å². The van der Waals surface area contributed by atoms with E-state index in [4.69, 9.17) is 9.47 Å². The molecular weight excluding hydrogens is 392 g/mol. The third-order valence-electron chi connectivity index (χ3n) is 4.81. The number of hydrogen-bond acceptors (Lipinski definition) is 7. The lowest BCUT2D eigenvalue weighted by Gasteiger charge is -2.10. The molecule has 2 aromatic carbocycles. The highest BCUT2D eigenvalue weighted by Gasteiger charge is 2.34. The van der Waals surface area contributed by atoms with E-state index >= 15 is 0 Å². The van der Waals surface area contributed by atoms with Gasteiger partial charge in [-0.05, 0) is 30.7 Å². The zero-order chi connectivity index (χ0) is 21.4. The molecule has 30 heavy (non-hydrogen) atoms. The highest BCUT2D eigenvalue weighted by Crippen LogP contribution is 2.40. The molecule has 154 valence electrons. The van der Waals surface area contributed by atoms with Gasteiger partial charge in [0, 0.05) is 19.9 Å². The van der Waals surface area contributed by atoms with Gasteiger partial charge in [-0.2, -0.15) is 0 Å². The molecule has 1 aliphatic rings. The van der Waals surface area contributed by atoms with Gasteiger partial charge in [0.05, 0.1) is 10.4 Å². The summed E-state index contributed by atoms with van der Waals surface area (Å²) in [6.07, 6.45) is -1.10. The number of carbonyl (C=O) groups is 2. The van der Waals surface area contributed by atoms with E-state index in [-0.39, 0.29) is 16.9 Å². The number of para-hydroxylation sites is 1. The Bertz CT molecular complexity index is 1170. The van der Waals surface area contributed by atoms with Gasteiger partial charge in [0.2, 0.25) is 5.91 Å². The van der Waals surface area contributed by atoms with Crippen molar-refractivity contribution in [2.75, 3.05) is 5.32 Å². The molecular formula is C20H18N4O6. The van der Waals surface area contributed by atoms with Crippen molar-refractivity contribution in [1.82, 2.24) is 9.55 Å². The first-order valence-electron chi connectivity index (χ1n) is 9.24. The Morgan fingerprint density at radius 3 is 2.70 bits per heavy atom. The van der Waals surface area contributed by atoms with Crippen LogP contribution in [0.3, 0.4) is 0 Å². The van der Waals surface area contributed by atoms with Crippen molar-refractivity contribution in [1.29, 1.82) is 0 Å². The molecule has 10 heteroatoms. The average Bonchev–Trinajstić information content (AvgIpc) is 3.22. The average molecular weight is 410 g/mol. The van der Waals surface area contributed by atoms with E-state index in [9.17, 15) is 19.7 Å². The number of aryl methyl sites for hydroxylation is 2. The van der Waals surface area contributed by atoms with Crippen molar-refractivity contribution in [3.8, 4) is 5.75 Å². The maximum atomic E-state index is 12.2. The molecule has 10 nitrogen and oxygen atoms in total. The second-order valence-corrected chi connectivity index (χ2v) is 6.91. The number of nitrogens with one attached hydrogen (secondary N) is 1. The van der Waals surface area contributed by atoms with Crippen LogP contribution in [0.15, 0.2) is 36.4 Å². The Hall–Kier alpha value is -3.95. The Kier molecular flexibility index (Phi) is 4.82. The summed E-state index contributed by atoms with van der Waals surface area (Å²) in [5.74, 6) is 0.329. The fraction of sp³-hybridized carbons (Fsp3) is 0.250. The van der Waals surface area contributed by atoms with E-state index in [1.54, 1.807) is 47.9 Å². The van der Waals surface area contributed by atoms with E-state index in [0.29, 0.717) is 35.6 Å². The summed E-state index contributed by atoms with van der Waals surface area (Å²) < 4.78 is 12.4. The number of carbonyl (C=O) groups excluding carboxylic acids is 2. The highest BCUT2D eigenvalue weighted by atomic mass is 16.7. The summed E-state index contributed by atoms with van der Waals surface area (Å²) in [6, 6.07) is 10.2. The van der Waals surface area contributed by atoms with E-state index in [0.717, 1.165) is 0 Å². The Morgan fingerprint density at radius 2 is 2.03 bits per heavy atom. The van der Waals surface area contributed by atoms with Gasteiger partial charge in [-0.3, -0.25) is 14.9 Å². The molecule has 0 fully saturated rings. The number of nitro groups is 1. The van der Waals surface area contributed by atoms with Crippen LogP contribution in [-0.4, -0.2) is 26.5 Å². The van der Waals surface area contributed by atoms with Gasteiger partial charge in [-0.15, -0.1) is 0 Å². The number of benzene rings is 2.